The quantitative estimate of drug-likeness (QED) is 0.830. The third-order valence-electron chi connectivity index (χ3n) is 4.89. The molecule has 7 nitrogen and oxygen atoms in total. The molecular weight excluding hydrogens is 356 g/mol. The van der Waals surface area contributed by atoms with Crippen LogP contribution in [0.2, 0.25) is 0 Å². The molecule has 1 aliphatic heterocycles. The molecule has 1 fully saturated rings. The summed E-state index contributed by atoms with van der Waals surface area (Å²) in [5.41, 5.74) is 0.997. The number of urea groups is 1. The molecule has 7 heteroatoms. The number of hydrogen-bond donors (Lipinski definition) is 1. The fourth-order valence-electron chi connectivity index (χ4n) is 3.42. The van der Waals surface area contributed by atoms with Crippen LogP contribution >= 0.6 is 0 Å². The normalized spacial score (nSPS) is 16.8. The Morgan fingerprint density at radius 2 is 2.07 bits per heavy atom. The van der Waals surface area contributed by atoms with E-state index in [4.69, 9.17) is 4.42 Å². The monoisotopic (exact) mass is 384 g/mol. The summed E-state index contributed by atoms with van der Waals surface area (Å²) >= 11 is 0. The first-order valence-electron chi connectivity index (χ1n) is 9.78. The van der Waals surface area contributed by atoms with E-state index in [1.165, 1.54) is 0 Å². The number of carbonyl (C=O) groups is 2. The average Bonchev–Trinajstić information content (AvgIpc) is 3.21. The van der Waals surface area contributed by atoms with Crippen LogP contribution in [0.15, 0.2) is 47.3 Å². The lowest BCUT2D eigenvalue weighted by Gasteiger charge is -2.35. The fraction of sp³-hybridized carbons (Fsp3) is 0.476. The highest BCUT2D eigenvalue weighted by atomic mass is 16.3. The van der Waals surface area contributed by atoms with E-state index in [9.17, 15) is 9.59 Å². The summed E-state index contributed by atoms with van der Waals surface area (Å²) in [5.74, 6) is 0.837. The van der Waals surface area contributed by atoms with E-state index in [2.05, 4.69) is 10.3 Å². The van der Waals surface area contributed by atoms with E-state index < -0.39 is 0 Å². The minimum Gasteiger partial charge on any atom is -0.467 e. The van der Waals surface area contributed by atoms with Crippen LogP contribution in [0, 0.1) is 5.92 Å². The zero-order chi connectivity index (χ0) is 19.9. The molecule has 150 valence electrons. The molecule has 0 saturated carbocycles. The molecule has 1 atom stereocenters. The van der Waals surface area contributed by atoms with E-state index >= 15 is 0 Å². The van der Waals surface area contributed by atoms with Crippen molar-refractivity contribution in [3.05, 3.63) is 54.2 Å². The Morgan fingerprint density at radius 3 is 2.75 bits per heavy atom. The van der Waals surface area contributed by atoms with Crippen molar-refractivity contribution < 1.29 is 14.0 Å². The number of piperidine rings is 1. The minimum atomic E-state index is -0.156. The molecule has 1 unspecified atom stereocenters. The number of hydrogen-bond acceptors (Lipinski definition) is 4. The van der Waals surface area contributed by atoms with Crippen molar-refractivity contribution in [3.8, 4) is 0 Å². The molecule has 3 amide bonds. The van der Waals surface area contributed by atoms with Crippen LogP contribution in [0.1, 0.15) is 38.0 Å². The highest BCUT2D eigenvalue weighted by Crippen LogP contribution is 2.15. The van der Waals surface area contributed by atoms with Gasteiger partial charge in [0, 0.05) is 44.0 Å². The van der Waals surface area contributed by atoms with Gasteiger partial charge in [-0.3, -0.25) is 9.78 Å². The molecule has 3 rings (SSSR count). The van der Waals surface area contributed by atoms with E-state index in [-0.39, 0.29) is 23.9 Å². The van der Waals surface area contributed by atoms with Crippen LogP contribution in [0.5, 0.6) is 0 Å². The number of nitrogens with zero attached hydrogens (tertiary/aromatic N) is 3. The van der Waals surface area contributed by atoms with Gasteiger partial charge in [-0.15, -0.1) is 0 Å². The molecule has 0 radical (unpaired) electrons. The summed E-state index contributed by atoms with van der Waals surface area (Å²) in [6.45, 7) is 5.97. The maximum absolute atomic E-state index is 13.0. The standard InChI is InChI=1S/C21H28N4O3/c1-16(2)20(26)24-11-3-5-18(14-24)23-21(27)25(15-19-6-4-12-28-19)13-17-7-9-22-10-8-17/h4,6-10,12,16,18H,3,5,11,13-15H2,1-2H3,(H,23,27). The Morgan fingerprint density at radius 1 is 1.29 bits per heavy atom. The predicted molar refractivity (Wildman–Crippen MR) is 105 cm³/mol. The van der Waals surface area contributed by atoms with Gasteiger partial charge in [0.1, 0.15) is 5.76 Å². The number of furan rings is 1. The molecular formula is C21H28N4O3. The molecule has 0 bridgehead atoms. The number of likely N-dealkylation sites (tertiary alicyclic amines) is 1. The van der Waals surface area contributed by atoms with Crippen LogP contribution in [0.4, 0.5) is 4.79 Å². The SMILES string of the molecule is CC(C)C(=O)N1CCCC(NC(=O)N(Cc2ccncc2)Cc2ccco2)C1. The largest absolute Gasteiger partial charge is 0.467 e. The van der Waals surface area contributed by atoms with Crippen LogP contribution in [-0.2, 0) is 17.9 Å². The van der Waals surface area contributed by atoms with Gasteiger partial charge in [0.2, 0.25) is 5.91 Å². The lowest BCUT2D eigenvalue weighted by atomic mass is 10.0. The molecule has 0 aliphatic carbocycles. The molecule has 0 spiro atoms. The molecule has 28 heavy (non-hydrogen) atoms. The first kappa shape index (κ1) is 19.9. The summed E-state index contributed by atoms with van der Waals surface area (Å²) < 4.78 is 5.43. The van der Waals surface area contributed by atoms with Crippen LogP contribution in [-0.4, -0.2) is 45.9 Å². The summed E-state index contributed by atoms with van der Waals surface area (Å²) in [4.78, 5) is 32.9. The lowest BCUT2D eigenvalue weighted by Crippen LogP contribution is -2.53. The summed E-state index contributed by atoms with van der Waals surface area (Å²) in [6.07, 6.45) is 6.81. The van der Waals surface area contributed by atoms with Crippen LogP contribution in [0.25, 0.3) is 0 Å². The number of nitrogens with one attached hydrogen (secondary N) is 1. The van der Waals surface area contributed by atoms with Crippen molar-refractivity contribution in [2.45, 2.75) is 45.8 Å². The molecule has 0 aromatic carbocycles. The van der Waals surface area contributed by atoms with Gasteiger partial charge in [0.05, 0.1) is 12.8 Å². The maximum atomic E-state index is 13.0. The Bertz CT molecular complexity index is 761. The van der Waals surface area contributed by atoms with Crippen LogP contribution in [0.3, 0.4) is 0 Å². The van der Waals surface area contributed by atoms with Crippen molar-refractivity contribution in [2.24, 2.45) is 5.92 Å². The second-order valence-corrected chi connectivity index (χ2v) is 7.52. The maximum Gasteiger partial charge on any atom is 0.318 e. The first-order valence-corrected chi connectivity index (χ1v) is 9.78. The van der Waals surface area contributed by atoms with Crippen molar-refractivity contribution in [1.29, 1.82) is 0 Å². The van der Waals surface area contributed by atoms with Crippen molar-refractivity contribution >= 4 is 11.9 Å². The van der Waals surface area contributed by atoms with Gasteiger partial charge in [0.15, 0.2) is 0 Å². The van der Waals surface area contributed by atoms with Gasteiger partial charge in [-0.25, -0.2) is 4.79 Å². The zero-order valence-electron chi connectivity index (χ0n) is 16.5. The summed E-state index contributed by atoms with van der Waals surface area (Å²) in [6, 6.07) is 7.26. The number of amides is 3. The van der Waals surface area contributed by atoms with E-state index in [0.717, 1.165) is 30.7 Å². The van der Waals surface area contributed by atoms with Crippen LogP contribution < -0.4 is 5.32 Å². The van der Waals surface area contributed by atoms with Gasteiger partial charge < -0.3 is 19.5 Å². The van der Waals surface area contributed by atoms with Gasteiger partial charge in [-0.1, -0.05) is 13.8 Å². The first-order chi connectivity index (χ1) is 13.5. The second-order valence-electron chi connectivity index (χ2n) is 7.52. The minimum absolute atomic E-state index is 0.0309. The van der Waals surface area contributed by atoms with Gasteiger partial charge >= 0.3 is 6.03 Å². The highest BCUT2D eigenvalue weighted by Gasteiger charge is 2.27. The number of pyridine rings is 1. The van der Waals surface area contributed by atoms with Gasteiger partial charge in [-0.2, -0.15) is 0 Å². The average molecular weight is 384 g/mol. The highest BCUT2D eigenvalue weighted by molar-refractivity contribution is 5.78. The topological polar surface area (TPSA) is 78.7 Å². The Labute approximate surface area is 165 Å². The van der Waals surface area contributed by atoms with Crippen molar-refractivity contribution in [3.63, 3.8) is 0 Å². The smallest absolute Gasteiger partial charge is 0.318 e. The van der Waals surface area contributed by atoms with Crippen molar-refractivity contribution in [2.75, 3.05) is 13.1 Å². The number of carbonyl (C=O) groups excluding carboxylic acids is 2. The Kier molecular flexibility index (Phi) is 6.68. The molecule has 1 aliphatic rings. The summed E-state index contributed by atoms with van der Waals surface area (Å²) in [5, 5.41) is 3.11. The predicted octanol–water partition coefficient (Wildman–Crippen LogP) is 3.03. The summed E-state index contributed by atoms with van der Waals surface area (Å²) in [7, 11) is 0. The zero-order valence-corrected chi connectivity index (χ0v) is 16.5. The lowest BCUT2D eigenvalue weighted by molar-refractivity contribution is -0.135. The van der Waals surface area contributed by atoms with Gasteiger partial charge in [0.25, 0.3) is 0 Å². The number of aromatic nitrogens is 1. The molecule has 1 N–H and O–H groups in total. The van der Waals surface area contributed by atoms with Crippen molar-refractivity contribution in [1.82, 2.24) is 20.1 Å². The van der Waals surface area contributed by atoms with E-state index in [1.54, 1.807) is 23.6 Å². The van der Waals surface area contributed by atoms with E-state index in [1.807, 2.05) is 43.0 Å². The Balaban J connectivity index is 1.65. The van der Waals surface area contributed by atoms with E-state index in [0.29, 0.717) is 19.6 Å². The third kappa shape index (κ3) is 5.34. The fourth-order valence-corrected chi connectivity index (χ4v) is 3.42. The second kappa shape index (κ2) is 9.39. The molecule has 1 saturated heterocycles. The van der Waals surface area contributed by atoms with Gasteiger partial charge in [-0.05, 0) is 42.7 Å². The Hall–Kier alpha value is -2.83. The molecule has 3 heterocycles. The molecule has 2 aromatic rings. The number of rotatable bonds is 6. The third-order valence-corrected chi connectivity index (χ3v) is 4.89. The molecule has 2 aromatic heterocycles.